The Labute approximate surface area is 208 Å². The molecule has 1 aromatic carbocycles. The van der Waals surface area contributed by atoms with Gasteiger partial charge in [-0.25, -0.2) is 9.97 Å². The van der Waals surface area contributed by atoms with Crippen LogP contribution >= 0.6 is 0 Å². The molecule has 0 aliphatic heterocycles. The lowest BCUT2D eigenvalue weighted by Gasteiger charge is -2.20. The topological polar surface area (TPSA) is 114 Å². The van der Waals surface area contributed by atoms with E-state index in [2.05, 4.69) is 25.5 Å². The number of rotatable bonds is 8. The quantitative estimate of drug-likeness (QED) is 0.351. The first-order valence-electron chi connectivity index (χ1n) is 11.5. The first kappa shape index (κ1) is 23.2. The molecule has 1 N–H and O–H groups in total. The number of aromatic nitrogens is 7. The highest BCUT2D eigenvalue weighted by atomic mass is 16.5. The van der Waals surface area contributed by atoms with E-state index in [-0.39, 0.29) is 0 Å². The summed E-state index contributed by atoms with van der Waals surface area (Å²) < 4.78 is 7.37. The summed E-state index contributed by atoms with van der Waals surface area (Å²) in [6.45, 7) is 2.98. The van der Waals surface area contributed by atoms with Crippen LogP contribution in [0.25, 0.3) is 22.4 Å². The third-order valence-corrected chi connectivity index (χ3v) is 5.90. The summed E-state index contributed by atoms with van der Waals surface area (Å²) in [7, 11) is 7.68. The van der Waals surface area contributed by atoms with Gasteiger partial charge in [-0.3, -0.25) is 4.68 Å². The summed E-state index contributed by atoms with van der Waals surface area (Å²) in [5.74, 6) is 2.66. The number of anilines is 3. The predicted octanol–water partition coefficient (Wildman–Crippen LogP) is 3.43. The molecule has 184 valence electrons. The summed E-state index contributed by atoms with van der Waals surface area (Å²) in [6.07, 6.45) is 3.55. The fraction of sp³-hybridized carbons (Fsp3) is 0.280. The van der Waals surface area contributed by atoms with Crippen molar-refractivity contribution in [2.45, 2.75) is 20.0 Å². The van der Waals surface area contributed by atoms with E-state index >= 15 is 0 Å². The van der Waals surface area contributed by atoms with Gasteiger partial charge in [-0.15, -0.1) is 0 Å². The number of benzene rings is 1. The SMILES string of the molecule is Cc1c(CNc2nc(N(C)Cc3ccnc(N(C)C)n3)c3cnn(C)c3n2)noc1-c1ccccc1. The molecular formula is C25H28N10O. The summed E-state index contributed by atoms with van der Waals surface area (Å²) in [6, 6.07) is 11.9. The van der Waals surface area contributed by atoms with Gasteiger partial charge in [-0.2, -0.15) is 15.1 Å². The fourth-order valence-electron chi connectivity index (χ4n) is 3.94. The molecule has 0 atom stereocenters. The summed E-state index contributed by atoms with van der Waals surface area (Å²) >= 11 is 0. The van der Waals surface area contributed by atoms with Crippen molar-refractivity contribution < 1.29 is 4.52 Å². The molecule has 5 rings (SSSR count). The van der Waals surface area contributed by atoms with Gasteiger partial charge in [0.15, 0.2) is 11.4 Å². The van der Waals surface area contributed by atoms with Gasteiger partial charge in [0, 0.05) is 45.5 Å². The molecule has 4 aromatic heterocycles. The lowest BCUT2D eigenvalue weighted by atomic mass is 10.1. The number of hydrogen-bond donors (Lipinski definition) is 1. The Morgan fingerprint density at radius 1 is 1.03 bits per heavy atom. The molecule has 4 heterocycles. The van der Waals surface area contributed by atoms with Crippen LogP contribution in [-0.4, -0.2) is 56.0 Å². The van der Waals surface area contributed by atoms with E-state index in [4.69, 9.17) is 14.5 Å². The van der Waals surface area contributed by atoms with Crippen LogP contribution in [0.4, 0.5) is 17.7 Å². The molecule has 0 amide bonds. The van der Waals surface area contributed by atoms with Gasteiger partial charge in [0.1, 0.15) is 11.5 Å². The summed E-state index contributed by atoms with van der Waals surface area (Å²) in [5, 5.41) is 12.8. The summed E-state index contributed by atoms with van der Waals surface area (Å²) in [5.41, 5.74) is 4.39. The van der Waals surface area contributed by atoms with Crippen molar-refractivity contribution in [2.75, 3.05) is 36.3 Å². The zero-order chi connectivity index (χ0) is 25.2. The Hall–Kier alpha value is -4.54. The minimum atomic E-state index is 0.423. The second-order valence-corrected chi connectivity index (χ2v) is 8.78. The highest BCUT2D eigenvalue weighted by Crippen LogP contribution is 2.27. The van der Waals surface area contributed by atoms with E-state index < -0.39 is 0 Å². The maximum absolute atomic E-state index is 5.63. The molecule has 36 heavy (non-hydrogen) atoms. The number of fused-ring (bicyclic) bond motifs is 1. The first-order chi connectivity index (χ1) is 17.4. The molecular weight excluding hydrogens is 456 g/mol. The maximum Gasteiger partial charge on any atom is 0.227 e. The van der Waals surface area contributed by atoms with Crippen LogP contribution < -0.4 is 15.1 Å². The van der Waals surface area contributed by atoms with Gasteiger partial charge >= 0.3 is 0 Å². The van der Waals surface area contributed by atoms with Crippen molar-refractivity contribution in [3.8, 4) is 11.3 Å². The van der Waals surface area contributed by atoms with Crippen molar-refractivity contribution in [3.05, 3.63) is 65.7 Å². The Morgan fingerprint density at radius 2 is 1.83 bits per heavy atom. The van der Waals surface area contributed by atoms with Gasteiger partial charge in [0.2, 0.25) is 11.9 Å². The van der Waals surface area contributed by atoms with E-state index in [0.717, 1.165) is 45.1 Å². The van der Waals surface area contributed by atoms with Crippen molar-refractivity contribution in [2.24, 2.45) is 7.05 Å². The van der Waals surface area contributed by atoms with Crippen LogP contribution in [0.1, 0.15) is 17.0 Å². The predicted molar refractivity (Wildman–Crippen MR) is 139 cm³/mol. The zero-order valence-electron chi connectivity index (χ0n) is 21.0. The molecule has 0 fully saturated rings. The van der Waals surface area contributed by atoms with Crippen molar-refractivity contribution >= 4 is 28.7 Å². The average molecular weight is 485 g/mol. The van der Waals surface area contributed by atoms with Gasteiger partial charge < -0.3 is 19.6 Å². The van der Waals surface area contributed by atoms with Crippen LogP contribution in [0, 0.1) is 6.92 Å². The molecule has 0 unspecified atom stereocenters. The zero-order valence-corrected chi connectivity index (χ0v) is 21.0. The molecule has 0 saturated carbocycles. The Balaban J connectivity index is 1.40. The highest BCUT2D eigenvalue weighted by molar-refractivity contribution is 5.88. The monoisotopic (exact) mass is 484 g/mol. The third-order valence-electron chi connectivity index (χ3n) is 5.90. The van der Waals surface area contributed by atoms with Crippen LogP contribution in [0.15, 0.2) is 53.3 Å². The molecule has 0 saturated heterocycles. The van der Waals surface area contributed by atoms with Crippen molar-refractivity contribution in [1.29, 1.82) is 0 Å². The van der Waals surface area contributed by atoms with Crippen LogP contribution in [0.3, 0.4) is 0 Å². The van der Waals surface area contributed by atoms with Crippen molar-refractivity contribution in [3.63, 3.8) is 0 Å². The molecule has 0 radical (unpaired) electrons. The number of nitrogens with one attached hydrogen (secondary N) is 1. The lowest BCUT2D eigenvalue weighted by Crippen LogP contribution is -2.21. The van der Waals surface area contributed by atoms with Gasteiger partial charge in [0.25, 0.3) is 0 Å². The third kappa shape index (κ3) is 4.54. The van der Waals surface area contributed by atoms with Gasteiger partial charge in [-0.05, 0) is 13.0 Å². The van der Waals surface area contributed by atoms with E-state index in [1.165, 1.54) is 0 Å². The molecule has 5 aromatic rings. The molecule has 0 spiro atoms. The molecule has 11 nitrogen and oxygen atoms in total. The van der Waals surface area contributed by atoms with Crippen LogP contribution in [-0.2, 0) is 20.1 Å². The standard InChI is InChI=1S/C25H28N10O/c1-16-20(32-36-21(16)17-9-7-6-8-10-17)14-27-24-30-22(19-13-28-35(5)23(19)31-24)34(4)15-18-11-12-26-25(29-18)33(2)3/h6-13H,14-15H2,1-5H3,(H,27,30,31). The number of hydrogen-bond acceptors (Lipinski definition) is 10. The van der Waals surface area contributed by atoms with Crippen LogP contribution in [0.2, 0.25) is 0 Å². The first-order valence-corrected chi connectivity index (χ1v) is 11.5. The molecule has 0 aliphatic carbocycles. The van der Waals surface area contributed by atoms with E-state index in [1.807, 2.05) is 81.3 Å². The van der Waals surface area contributed by atoms with Gasteiger partial charge in [0.05, 0.1) is 30.4 Å². The molecule has 0 aliphatic rings. The maximum atomic E-state index is 5.63. The van der Waals surface area contributed by atoms with E-state index in [9.17, 15) is 0 Å². The fourth-order valence-corrected chi connectivity index (χ4v) is 3.94. The van der Waals surface area contributed by atoms with Crippen molar-refractivity contribution in [1.82, 2.24) is 34.9 Å². The Bertz CT molecular complexity index is 1490. The largest absolute Gasteiger partial charge is 0.356 e. The minimum absolute atomic E-state index is 0.423. The highest BCUT2D eigenvalue weighted by Gasteiger charge is 2.18. The lowest BCUT2D eigenvalue weighted by molar-refractivity contribution is 0.424. The smallest absolute Gasteiger partial charge is 0.227 e. The number of nitrogens with zero attached hydrogens (tertiary/aromatic N) is 9. The van der Waals surface area contributed by atoms with E-state index in [1.54, 1.807) is 17.1 Å². The summed E-state index contributed by atoms with van der Waals surface area (Å²) in [4.78, 5) is 22.4. The Kier molecular flexibility index (Phi) is 6.19. The second kappa shape index (κ2) is 9.61. The normalized spacial score (nSPS) is 11.1. The second-order valence-electron chi connectivity index (χ2n) is 8.78. The average Bonchev–Trinajstić information content (AvgIpc) is 3.45. The Morgan fingerprint density at radius 3 is 2.61 bits per heavy atom. The minimum Gasteiger partial charge on any atom is -0.356 e. The molecule has 0 bridgehead atoms. The number of aryl methyl sites for hydroxylation is 1. The van der Waals surface area contributed by atoms with Crippen LogP contribution in [0.5, 0.6) is 0 Å². The molecule has 11 heteroatoms. The van der Waals surface area contributed by atoms with Gasteiger partial charge in [-0.1, -0.05) is 35.5 Å². The van der Waals surface area contributed by atoms with E-state index in [0.29, 0.717) is 25.0 Å².